The second-order valence-electron chi connectivity index (χ2n) is 2.50. The summed E-state index contributed by atoms with van der Waals surface area (Å²) >= 11 is 0. The van der Waals surface area contributed by atoms with Crippen LogP contribution in [0.3, 0.4) is 0 Å². The Kier molecular flexibility index (Phi) is 2.33. The van der Waals surface area contributed by atoms with Crippen molar-refractivity contribution in [3.05, 3.63) is 29.3 Å². The third-order valence-electron chi connectivity index (χ3n) is 1.71. The molecule has 0 saturated carbocycles. The molecule has 0 heterocycles. The van der Waals surface area contributed by atoms with E-state index in [1.807, 2.05) is 6.92 Å². The summed E-state index contributed by atoms with van der Waals surface area (Å²) in [6.45, 7) is 1.90. The third-order valence-corrected chi connectivity index (χ3v) is 1.71. The van der Waals surface area contributed by atoms with Crippen LogP contribution >= 0.6 is 0 Å². The summed E-state index contributed by atoms with van der Waals surface area (Å²) in [5.41, 5.74) is 0.879. The fourth-order valence-corrected chi connectivity index (χ4v) is 0.996. The van der Waals surface area contributed by atoms with Gasteiger partial charge in [0, 0.05) is 0 Å². The summed E-state index contributed by atoms with van der Waals surface area (Å²) in [5.74, 6) is -0.967. The molecule has 12 heavy (non-hydrogen) atoms. The molecular weight excluding hydrogens is 156 g/mol. The SMILES string of the molecule is CCc1ccc(C(=O)O)cc1O. The molecule has 1 rings (SSSR count). The molecule has 1 aromatic carbocycles. The van der Waals surface area contributed by atoms with E-state index >= 15 is 0 Å². The molecule has 3 heteroatoms. The smallest absolute Gasteiger partial charge is 0.335 e. The van der Waals surface area contributed by atoms with Gasteiger partial charge in [-0.1, -0.05) is 13.0 Å². The Morgan fingerprint density at radius 3 is 2.58 bits per heavy atom. The fraction of sp³-hybridized carbons (Fsp3) is 0.222. The fourth-order valence-electron chi connectivity index (χ4n) is 0.996. The van der Waals surface area contributed by atoms with Crippen LogP contribution in [-0.2, 0) is 6.42 Å². The Hall–Kier alpha value is -1.51. The van der Waals surface area contributed by atoms with E-state index in [1.165, 1.54) is 12.1 Å². The monoisotopic (exact) mass is 166 g/mol. The molecular formula is C9H10O3. The molecule has 0 spiro atoms. The molecule has 0 saturated heterocycles. The Balaban J connectivity index is 3.10. The number of benzene rings is 1. The number of carboxylic acids is 1. The molecule has 2 N–H and O–H groups in total. The zero-order valence-electron chi connectivity index (χ0n) is 6.74. The van der Waals surface area contributed by atoms with Gasteiger partial charge in [-0.2, -0.15) is 0 Å². The predicted molar refractivity (Wildman–Crippen MR) is 44.4 cm³/mol. The molecule has 0 aromatic heterocycles. The van der Waals surface area contributed by atoms with Crippen molar-refractivity contribution in [2.45, 2.75) is 13.3 Å². The van der Waals surface area contributed by atoms with Gasteiger partial charge >= 0.3 is 5.97 Å². The van der Waals surface area contributed by atoms with Crippen LogP contribution in [0.15, 0.2) is 18.2 Å². The lowest BCUT2D eigenvalue weighted by atomic mass is 10.1. The summed E-state index contributed by atoms with van der Waals surface area (Å²) in [5, 5.41) is 17.8. The largest absolute Gasteiger partial charge is 0.508 e. The second kappa shape index (κ2) is 3.26. The average Bonchev–Trinajstić information content (AvgIpc) is 2.04. The van der Waals surface area contributed by atoms with Crippen molar-refractivity contribution >= 4 is 5.97 Å². The van der Waals surface area contributed by atoms with E-state index in [4.69, 9.17) is 5.11 Å². The van der Waals surface area contributed by atoms with Crippen molar-refractivity contribution < 1.29 is 15.0 Å². The Labute approximate surface area is 70.3 Å². The Morgan fingerprint density at radius 2 is 2.17 bits per heavy atom. The van der Waals surface area contributed by atoms with E-state index in [-0.39, 0.29) is 11.3 Å². The lowest BCUT2D eigenvalue weighted by Gasteiger charge is -2.01. The number of carbonyl (C=O) groups is 1. The summed E-state index contributed by atoms with van der Waals surface area (Å²) < 4.78 is 0. The number of carboxylic acid groups (broad SMARTS) is 1. The van der Waals surface area contributed by atoms with Gasteiger partial charge in [0.2, 0.25) is 0 Å². The van der Waals surface area contributed by atoms with Crippen LogP contribution in [0.4, 0.5) is 0 Å². The van der Waals surface area contributed by atoms with Crippen molar-refractivity contribution in [2.24, 2.45) is 0 Å². The number of hydrogen-bond donors (Lipinski definition) is 2. The highest BCUT2D eigenvalue weighted by Gasteiger charge is 2.05. The molecule has 3 nitrogen and oxygen atoms in total. The van der Waals surface area contributed by atoms with E-state index in [0.717, 1.165) is 5.56 Å². The number of aryl methyl sites for hydroxylation is 1. The highest BCUT2D eigenvalue weighted by atomic mass is 16.4. The minimum atomic E-state index is -1.02. The number of aromatic carboxylic acids is 1. The van der Waals surface area contributed by atoms with Crippen LogP contribution in [0.25, 0.3) is 0 Å². The first kappa shape index (κ1) is 8.59. The van der Waals surface area contributed by atoms with Crippen molar-refractivity contribution in [3.63, 3.8) is 0 Å². The molecule has 0 amide bonds. The molecule has 0 unspecified atom stereocenters. The van der Waals surface area contributed by atoms with Gasteiger partial charge in [-0.25, -0.2) is 4.79 Å². The van der Waals surface area contributed by atoms with E-state index < -0.39 is 5.97 Å². The molecule has 0 bridgehead atoms. The first-order valence-electron chi connectivity index (χ1n) is 3.70. The van der Waals surface area contributed by atoms with Crippen LogP contribution in [0.2, 0.25) is 0 Å². The molecule has 0 fully saturated rings. The minimum absolute atomic E-state index is 0.0531. The summed E-state index contributed by atoms with van der Waals surface area (Å²) in [6, 6.07) is 4.38. The van der Waals surface area contributed by atoms with Gasteiger partial charge in [-0.05, 0) is 24.1 Å². The number of phenolic OH excluding ortho intramolecular Hbond substituents is 1. The molecule has 0 radical (unpaired) electrons. The van der Waals surface area contributed by atoms with Gasteiger partial charge in [0.05, 0.1) is 5.56 Å². The highest BCUT2D eigenvalue weighted by molar-refractivity contribution is 5.88. The lowest BCUT2D eigenvalue weighted by Crippen LogP contribution is -1.96. The molecule has 0 aliphatic carbocycles. The number of phenols is 1. The maximum absolute atomic E-state index is 10.4. The average molecular weight is 166 g/mol. The van der Waals surface area contributed by atoms with Crippen LogP contribution < -0.4 is 0 Å². The highest BCUT2D eigenvalue weighted by Crippen LogP contribution is 2.18. The molecule has 0 aliphatic heterocycles. The van der Waals surface area contributed by atoms with Crippen LogP contribution in [0.1, 0.15) is 22.8 Å². The summed E-state index contributed by atoms with van der Waals surface area (Å²) in [4.78, 5) is 10.4. The zero-order valence-corrected chi connectivity index (χ0v) is 6.74. The first-order valence-corrected chi connectivity index (χ1v) is 3.70. The molecule has 64 valence electrons. The lowest BCUT2D eigenvalue weighted by molar-refractivity contribution is 0.0696. The Morgan fingerprint density at radius 1 is 1.50 bits per heavy atom. The van der Waals surface area contributed by atoms with Crippen molar-refractivity contribution in [1.82, 2.24) is 0 Å². The van der Waals surface area contributed by atoms with Gasteiger partial charge in [0.15, 0.2) is 0 Å². The van der Waals surface area contributed by atoms with Gasteiger partial charge in [-0.3, -0.25) is 0 Å². The summed E-state index contributed by atoms with van der Waals surface area (Å²) in [6.07, 6.45) is 0.700. The van der Waals surface area contributed by atoms with E-state index in [1.54, 1.807) is 6.07 Å². The molecule has 1 aromatic rings. The van der Waals surface area contributed by atoms with Crippen molar-refractivity contribution in [2.75, 3.05) is 0 Å². The summed E-state index contributed by atoms with van der Waals surface area (Å²) in [7, 11) is 0. The van der Waals surface area contributed by atoms with Gasteiger partial charge in [0.1, 0.15) is 5.75 Å². The van der Waals surface area contributed by atoms with E-state index in [9.17, 15) is 9.90 Å². The maximum atomic E-state index is 10.4. The van der Waals surface area contributed by atoms with Crippen molar-refractivity contribution in [3.8, 4) is 5.75 Å². The predicted octanol–water partition coefficient (Wildman–Crippen LogP) is 1.65. The van der Waals surface area contributed by atoms with E-state index in [0.29, 0.717) is 6.42 Å². The quantitative estimate of drug-likeness (QED) is 0.702. The normalized spacial score (nSPS) is 9.75. The number of rotatable bonds is 2. The topological polar surface area (TPSA) is 57.5 Å². The van der Waals surface area contributed by atoms with Gasteiger partial charge < -0.3 is 10.2 Å². The maximum Gasteiger partial charge on any atom is 0.335 e. The Bertz CT molecular complexity index is 305. The van der Waals surface area contributed by atoms with Gasteiger partial charge in [0.25, 0.3) is 0 Å². The molecule has 0 atom stereocenters. The minimum Gasteiger partial charge on any atom is -0.508 e. The van der Waals surface area contributed by atoms with Crippen LogP contribution in [0.5, 0.6) is 5.75 Å². The third kappa shape index (κ3) is 1.56. The van der Waals surface area contributed by atoms with Crippen molar-refractivity contribution in [1.29, 1.82) is 0 Å². The van der Waals surface area contributed by atoms with Gasteiger partial charge in [-0.15, -0.1) is 0 Å². The number of aromatic hydroxyl groups is 1. The first-order chi connectivity index (χ1) is 5.65. The van der Waals surface area contributed by atoms with Crippen LogP contribution in [0, 0.1) is 0 Å². The van der Waals surface area contributed by atoms with E-state index in [2.05, 4.69) is 0 Å². The standard InChI is InChI=1S/C9H10O3/c1-2-6-3-4-7(9(11)12)5-8(6)10/h3-5,10H,2H2,1H3,(H,11,12). The number of hydrogen-bond acceptors (Lipinski definition) is 2. The van der Waals surface area contributed by atoms with Crippen LogP contribution in [-0.4, -0.2) is 16.2 Å². The second-order valence-corrected chi connectivity index (χ2v) is 2.50. The molecule has 0 aliphatic rings. The zero-order chi connectivity index (χ0) is 9.14.